The SMILES string of the molecule is Cc1c(C(=O)NC(CN)CC(C)C)cnn1-c1ccccc1F.Cl. The molecule has 0 saturated carbocycles. The number of nitrogens with two attached hydrogens (primary N) is 1. The highest BCUT2D eigenvalue weighted by Crippen LogP contribution is 2.17. The van der Waals surface area contributed by atoms with Gasteiger partial charge in [-0.3, -0.25) is 4.79 Å². The van der Waals surface area contributed by atoms with Crippen LogP contribution in [-0.2, 0) is 0 Å². The van der Waals surface area contributed by atoms with Crippen molar-refractivity contribution in [1.29, 1.82) is 0 Å². The minimum atomic E-state index is -0.384. The zero-order chi connectivity index (χ0) is 17.0. The molecule has 0 aliphatic rings. The molecule has 0 radical (unpaired) electrons. The van der Waals surface area contributed by atoms with Crippen molar-refractivity contribution in [1.82, 2.24) is 15.1 Å². The van der Waals surface area contributed by atoms with Crippen LogP contribution in [0.2, 0.25) is 0 Å². The lowest BCUT2D eigenvalue weighted by Crippen LogP contribution is -2.41. The van der Waals surface area contributed by atoms with Gasteiger partial charge >= 0.3 is 0 Å². The van der Waals surface area contributed by atoms with E-state index in [0.717, 1.165) is 6.42 Å². The maximum atomic E-state index is 13.9. The van der Waals surface area contributed by atoms with Crippen molar-refractivity contribution in [3.63, 3.8) is 0 Å². The number of rotatable bonds is 6. The zero-order valence-corrected chi connectivity index (χ0v) is 14.9. The summed E-state index contributed by atoms with van der Waals surface area (Å²) < 4.78 is 15.3. The quantitative estimate of drug-likeness (QED) is 0.837. The highest BCUT2D eigenvalue weighted by molar-refractivity contribution is 5.95. The molecule has 1 amide bonds. The summed E-state index contributed by atoms with van der Waals surface area (Å²) in [6, 6.07) is 6.25. The largest absolute Gasteiger partial charge is 0.348 e. The molecule has 0 fully saturated rings. The number of benzene rings is 1. The lowest BCUT2D eigenvalue weighted by atomic mass is 10.0. The maximum absolute atomic E-state index is 13.9. The van der Waals surface area contributed by atoms with Gasteiger partial charge in [0.15, 0.2) is 0 Å². The van der Waals surface area contributed by atoms with Crippen LogP contribution in [0.15, 0.2) is 30.5 Å². The van der Waals surface area contributed by atoms with Crippen LogP contribution >= 0.6 is 12.4 Å². The Labute approximate surface area is 147 Å². The van der Waals surface area contributed by atoms with Crippen molar-refractivity contribution in [3.05, 3.63) is 47.5 Å². The summed E-state index contributed by atoms with van der Waals surface area (Å²) in [5, 5.41) is 7.07. The van der Waals surface area contributed by atoms with Gasteiger partial charge in [-0.1, -0.05) is 26.0 Å². The van der Waals surface area contributed by atoms with Gasteiger partial charge in [0.25, 0.3) is 5.91 Å². The number of halogens is 2. The summed E-state index contributed by atoms with van der Waals surface area (Å²) in [5.74, 6) is -0.183. The van der Waals surface area contributed by atoms with Gasteiger partial charge in [0.05, 0.1) is 17.5 Å². The molecule has 1 atom stereocenters. The summed E-state index contributed by atoms with van der Waals surface area (Å²) >= 11 is 0. The van der Waals surface area contributed by atoms with Crippen molar-refractivity contribution < 1.29 is 9.18 Å². The van der Waals surface area contributed by atoms with Crippen LogP contribution in [0.4, 0.5) is 4.39 Å². The number of aromatic nitrogens is 2. The smallest absolute Gasteiger partial charge is 0.255 e. The topological polar surface area (TPSA) is 72.9 Å². The molecule has 24 heavy (non-hydrogen) atoms. The molecule has 1 heterocycles. The van der Waals surface area contributed by atoms with E-state index < -0.39 is 0 Å². The van der Waals surface area contributed by atoms with Crippen molar-refractivity contribution >= 4 is 18.3 Å². The molecule has 0 bridgehead atoms. The van der Waals surface area contributed by atoms with E-state index >= 15 is 0 Å². The molecule has 1 aromatic heterocycles. The third-order valence-electron chi connectivity index (χ3n) is 3.71. The summed E-state index contributed by atoms with van der Waals surface area (Å²) in [7, 11) is 0. The molecule has 5 nitrogen and oxygen atoms in total. The van der Waals surface area contributed by atoms with E-state index in [9.17, 15) is 9.18 Å². The Kier molecular flexibility index (Phi) is 7.38. The third-order valence-corrected chi connectivity index (χ3v) is 3.71. The Morgan fingerprint density at radius 3 is 2.62 bits per heavy atom. The third kappa shape index (κ3) is 4.55. The van der Waals surface area contributed by atoms with E-state index in [2.05, 4.69) is 24.3 Å². The van der Waals surface area contributed by atoms with Crippen LogP contribution in [-0.4, -0.2) is 28.3 Å². The summed E-state index contributed by atoms with van der Waals surface area (Å²) in [6.07, 6.45) is 2.27. The van der Waals surface area contributed by atoms with Gasteiger partial charge < -0.3 is 11.1 Å². The van der Waals surface area contributed by atoms with Gasteiger partial charge in [-0.25, -0.2) is 9.07 Å². The Morgan fingerprint density at radius 1 is 1.38 bits per heavy atom. The van der Waals surface area contributed by atoms with E-state index in [1.54, 1.807) is 25.1 Å². The minimum Gasteiger partial charge on any atom is -0.348 e. The maximum Gasteiger partial charge on any atom is 0.255 e. The van der Waals surface area contributed by atoms with Gasteiger partial charge in [0.1, 0.15) is 11.5 Å². The number of hydrogen-bond acceptors (Lipinski definition) is 3. The molecule has 0 saturated heterocycles. The van der Waals surface area contributed by atoms with Crippen LogP contribution in [0.5, 0.6) is 0 Å². The fourth-order valence-corrected chi connectivity index (χ4v) is 2.55. The predicted octanol–water partition coefficient (Wildman–Crippen LogP) is 2.84. The fraction of sp³-hybridized carbons (Fsp3) is 0.412. The highest BCUT2D eigenvalue weighted by atomic mass is 35.5. The molecule has 7 heteroatoms. The molecule has 0 aliphatic heterocycles. The van der Waals surface area contributed by atoms with Crippen molar-refractivity contribution in [3.8, 4) is 5.69 Å². The first-order valence-corrected chi connectivity index (χ1v) is 7.74. The number of carbonyl (C=O) groups is 1. The van der Waals surface area contributed by atoms with Gasteiger partial charge in [0, 0.05) is 12.6 Å². The molecule has 0 spiro atoms. The number of nitrogens with one attached hydrogen (secondary N) is 1. The van der Waals surface area contributed by atoms with Crippen molar-refractivity contribution in [2.75, 3.05) is 6.54 Å². The summed E-state index contributed by atoms with van der Waals surface area (Å²) in [5.41, 5.74) is 7.05. The summed E-state index contributed by atoms with van der Waals surface area (Å²) in [6.45, 7) is 6.28. The van der Waals surface area contributed by atoms with Crippen molar-refractivity contribution in [2.24, 2.45) is 11.7 Å². The molecule has 132 valence electrons. The molecule has 0 aliphatic carbocycles. The second-order valence-corrected chi connectivity index (χ2v) is 6.04. The Bertz CT molecular complexity index is 687. The predicted molar refractivity (Wildman–Crippen MR) is 95.3 cm³/mol. The fourth-order valence-electron chi connectivity index (χ4n) is 2.55. The average Bonchev–Trinajstić information content (AvgIpc) is 2.88. The van der Waals surface area contributed by atoms with Crippen LogP contribution in [0.25, 0.3) is 5.69 Å². The normalized spacial score (nSPS) is 11.9. The van der Waals surface area contributed by atoms with E-state index in [1.807, 2.05) is 0 Å². The first-order chi connectivity index (χ1) is 10.9. The van der Waals surface area contributed by atoms with Crippen LogP contribution in [0.1, 0.15) is 36.3 Å². The standard InChI is InChI=1S/C17H23FN4O.ClH/c1-11(2)8-13(9-19)21-17(23)14-10-20-22(12(14)3)16-7-5-4-6-15(16)18;/h4-7,10-11,13H,8-9,19H2,1-3H3,(H,21,23);1H. The molecular formula is C17H24ClFN4O. The van der Waals surface area contributed by atoms with Crippen LogP contribution < -0.4 is 11.1 Å². The second-order valence-electron chi connectivity index (χ2n) is 6.04. The van der Waals surface area contributed by atoms with E-state index in [4.69, 9.17) is 5.73 Å². The van der Waals surface area contributed by atoms with Gasteiger partial charge in [-0.15, -0.1) is 12.4 Å². The lowest BCUT2D eigenvalue weighted by molar-refractivity contribution is 0.0933. The molecule has 1 aromatic carbocycles. The Balaban J connectivity index is 0.00000288. The van der Waals surface area contributed by atoms with Gasteiger partial charge in [-0.2, -0.15) is 5.10 Å². The number of hydrogen-bond donors (Lipinski definition) is 2. The molecule has 2 aromatic rings. The van der Waals surface area contributed by atoms with Crippen LogP contribution in [0.3, 0.4) is 0 Å². The first-order valence-electron chi connectivity index (χ1n) is 7.74. The molecule has 2 rings (SSSR count). The summed E-state index contributed by atoms with van der Waals surface area (Å²) in [4.78, 5) is 12.4. The number of amides is 1. The zero-order valence-electron chi connectivity index (χ0n) is 14.1. The van der Waals surface area contributed by atoms with Gasteiger partial charge in [-0.05, 0) is 31.4 Å². The number of carbonyl (C=O) groups excluding carboxylic acids is 1. The van der Waals surface area contributed by atoms with E-state index in [0.29, 0.717) is 29.4 Å². The number of nitrogens with zero attached hydrogens (tertiary/aromatic N) is 2. The number of para-hydroxylation sites is 1. The molecular weight excluding hydrogens is 331 g/mol. The van der Waals surface area contributed by atoms with Crippen LogP contribution in [0, 0.1) is 18.7 Å². The second kappa shape index (κ2) is 8.80. The van der Waals surface area contributed by atoms with E-state index in [1.165, 1.54) is 16.9 Å². The average molecular weight is 355 g/mol. The van der Waals surface area contributed by atoms with Gasteiger partial charge in [0.2, 0.25) is 0 Å². The monoisotopic (exact) mass is 354 g/mol. The van der Waals surface area contributed by atoms with E-state index in [-0.39, 0.29) is 30.2 Å². The minimum absolute atomic E-state index is 0. The first kappa shape index (κ1) is 20.1. The Morgan fingerprint density at radius 2 is 2.04 bits per heavy atom. The molecule has 3 N–H and O–H groups in total. The molecule has 1 unspecified atom stereocenters. The highest BCUT2D eigenvalue weighted by Gasteiger charge is 2.19. The Hall–Kier alpha value is -1.92. The lowest BCUT2D eigenvalue weighted by Gasteiger charge is -2.18. The van der Waals surface area contributed by atoms with Crippen molar-refractivity contribution in [2.45, 2.75) is 33.2 Å².